The number of thiazole rings is 1. The van der Waals surface area contributed by atoms with Crippen molar-refractivity contribution in [3.63, 3.8) is 0 Å². The Balaban J connectivity index is 1.66. The Bertz CT molecular complexity index is 716. The zero-order valence-corrected chi connectivity index (χ0v) is 13.4. The van der Waals surface area contributed by atoms with Gasteiger partial charge in [-0.05, 0) is 37.8 Å². The third kappa shape index (κ3) is 3.75. The van der Waals surface area contributed by atoms with Gasteiger partial charge in [0.1, 0.15) is 4.88 Å². The van der Waals surface area contributed by atoms with Crippen LogP contribution in [0.3, 0.4) is 0 Å². The molecule has 0 aliphatic heterocycles. The first-order valence-electron chi connectivity index (χ1n) is 7.56. The van der Waals surface area contributed by atoms with Crippen LogP contribution in [-0.4, -0.2) is 16.9 Å². The topological polar surface area (TPSA) is 42.0 Å². The quantitative estimate of drug-likeness (QED) is 0.862. The molecule has 0 spiro atoms. The van der Waals surface area contributed by atoms with E-state index in [1.807, 2.05) is 31.2 Å². The van der Waals surface area contributed by atoms with Crippen LogP contribution in [-0.2, 0) is 0 Å². The van der Waals surface area contributed by atoms with Crippen LogP contribution in [0.25, 0.3) is 0 Å². The summed E-state index contributed by atoms with van der Waals surface area (Å²) in [6.07, 6.45) is 6.21. The number of carbonyl (C=O) groups excluding carboxylic acids is 1. The van der Waals surface area contributed by atoms with Gasteiger partial charge in [0.05, 0.1) is 6.20 Å². The summed E-state index contributed by atoms with van der Waals surface area (Å²) in [7, 11) is 0. The van der Waals surface area contributed by atoms with Crippen LogP contribution in [0.4, 0.5) is 0 Å². The number of hydrogen-bond acceptors (Lipinski definition) is 3. The molecule has 1 heterocycles. The normalized spacial score (nSPS) is 14.4. The van der Waals surface area contributed by atoms with Gasteiger partial charge in [-0.15, -0.1) is 11.3 Å². The molecular formula is C18H18N2OS. The first kappa shape index (κ1) is 14.8. The fraction of sp³-hybridized carbons (Fsp3) is 0.333. The number of rotatable bonds is 2. The fourth-order valence-corrected chi connectivity index (χ4v) is 3.20. The van der Waals surface area contributed by atoms with Crippen LogP contribution in [0.15, 0.2) is 30.5 Å². The average molecular weight is 310 g/mol. The summed E-state index contributed by atoms with van der Waals surface area (Å²) in [4.78, 5) is 17.0. The molecule has 1 amide bonds. The molecular weight excluding hydrogens is 292 g/mol. The van der Waals surface area contributed by atoms with Gasteiger partial charge in [0.15, 0.2) is 5.01 Å². The van der Waals surface area contributed by atoms with E-state index in [1.54, 1.807) is 6.20 Å². The van der Waals surface area contributed by atoms with Crippen LogP contribution in [0.5, 0.6) is 0 Å². The molecule has 112 valence electrons. The minimum absolute atomic E-state index is 0.0206. The molecule has 22 heavy (non-hydrogen) atoms. The Morgan fingerprint density at radius 3 is 2.68 bits per heavy atom. The molecule has 1 aliphatic rings. The Morgan fingerprint density at radius 1 is 1.23 bits per heavy atom. The minimum atomic E-state index is -0.0206. The zero-order valence-electron chi connectivity index (χ0n) is 12.6. The zero-order chi connectivity index (χ0) is 15.4. The molecule has 1 aromatic heterocycles. The van der Waals surface area contributed by atoms with Crippen molar-refractivity contribution in [2.75, 3.05) is 0 Å². The molecule has 0 radical (unpaired) electrons. The summed E-state index contributed by atoms with van der Waals surface area (Å²) >= 11 is 1.35. The second-order valence-corrected chi connectivity index (χ2v) is 6.63. The maximum Gasteiger partial charge on any atom is 0.263 e. The van der Waals surface area contributed by atoms with Crippen molar-refractivity contribution in [2.45, 2.75) is 38.6 Å². The molecule has 3 nitrogen and oxygen atoms in total. The number of hydrogen-bond donors (Lipinski definition) is 1. The van der Waals surface area contributed by atoms with Crippen molar-refractivity contribution in [1.82, 2.24) is 10.3 Å². The van der Waals surface area contributed by atoms with E-state index < -0.39 is 0 Å². The first-order valence-corrected chi connectivity index (χ1v) is 8.38. The summed E-state index contributed by atoms with van der Waals surface area (Å²) in [6.45, 7) is 2.05. The van der Waals surface area contributed by atoms with E-state index in [-0.39, 0.29) is 5.91 Å². The van der Waals surface area contributed by atoms with Crippen LogP contribution in [0.2, 0.25) is 0 Å². The lowest BCUT2D eigenvalue weighted by Gasteiger charge is -2.09. The average Bonchev–Trinajstić information content (AvgIpc) is 3.18. The lowest BCUT2D eigenvalue weighted by molar-refractivity contribution is 0.0942. The Hall–Kier alpha value is -2.12. The standard InChI is InChI=1S/C18H18N2OS/c1-13-6-8-14(9-7-13)10-11-17-19-12-16(22-17)18(21)20-15-4-2-3-5-15/h6-9,12,15H,2-5H2,1H3,(H,20,21). The van der Waals surface area contributed by atoms with Gasteiger partial charge in [0, 0.05) is 11.6 Å². The predicted molar refractivity (Wildman–Crippen MR) is 89.0 cm³/mol. The molecule has 1 aliphatic carbocycles. The number of amides is 1. The Morgan fingerprint density at radius 2 is 1.95 bits per heavy atom. The van der Waals surface area contributed by atoms with Gasteiger partial charge >= 0.3 is 0 Å². The Kier molecular flexibility index (Phi) is 4.55. The van der Waals surface area contributed by atoms with Crippen molar-refractivity contribution >= 4 is 17.2 Å². The third-order valence-electron chi connectivity index (χ3n) is 3.79. The highest BCUT2D eigenvalue weighted by molar-refractivity contribution is 7.14. The van der Waals surface area contributed by atoms with Gasteiger partial charge in [-0.1, -0.05) is 36.5 Å². The molecule has 1 saturated carbocycles. The number of aromatic nitrogens is 1. The highest BCUT2D eigenvalue weighted by atomic mass is 32.1. The second kappa shape index (κ2) is 6.76. The maximum atomic E-state index is 12.1. The number of carbonyl (C=O) groups is 1. The lowest BCUT2D eigenvalue weighted by atomic mass is 10.2. The van der Waals surface area contributed by atoms with Crippen LogP contribution < -0.4 is 5.32 Å². The summed E-state index contributed by atoms with van der Waals surface area (Å²) in [5.74, 6) is 6.09. The van der Waals surface area contributed by atoms with E-state index in [4.69, 9.17) is 0 Å². The monoisotopic (exact) mass is 310 g/mol. The predicted octanol–water partition coefficient (Wildman–Crippen LogP) is 3.52. The number of nitrogens with one attached hydrogen (secondary N) is 1. The van der Waals surface area contributed by atoms with E-state index in [9.17, 15) is 4.79 Å². The van der Waals surface area contributed by atoms with E-state index in [0.29, 0.717) is 15.9 Å². The third-order valence-corrected chi connectivity index (χ3v) is 4.70. The van der Waals surface area contributed by atoms with E-state index >= 15 is 0 Å². The summed E-state index contributed by atoms with van der Waals surface area (Å²) in [5.41, 5.74) is 2.17. The summed E-state index contributed by atoms with van der Waals surface area (Å²) in [5, 5.41) is 3.75. The molecule has 1 aromatic carbocycles. The van der Waals surface area contributed by atoms with E-state index in [1.165, 1.54) is 29.7 Å². The van der Waals surface area contributed by atoms with Crippen LogP contribution >= 0.6 is 11.3 Å². The van der Waals surface area contributed by atoms with E-state index in [2.05, 4.69) is 22.1 Å². The second-order valence-electron chi connectivity index (χ2n) is 5.60. The summed E-state index contributed by atoms with van der Waals surface area (Å²) < 4.78 is 0. The maximum absolute atomic E-state index is 12.1. The first-order chi connectivity index (χ1) is 10.7. The van der Waals surface area contributed by atoms with Gasteiger partial charge in [-0.2, -0.15) is 0 Å². The fourth-order valence-electron chi connectivity index (χ4n) is 2.53. The van der Waals surface area contributed by atoms with Crippen molar-refractivity contribution < 1.29 is 4.79 Å². The van der Waals surface area contributed by atoms with Gasteiger partial charge in [-0.3, -0.25) is 4.79 Å². The van der Waals surface area contributed by atoms with Gasteiger partial charge in [0.2, 0.25) is 0 Å². The smallest absolute Gasteiger partial charge is 0.263 e. The molecule has 0 bridgehead atoms. The number of benzene rings is 1. The van der Waals surface area contributed by atoms with Crippen molar-refractivity contribution in [2.24, 2.45) is 0 Å². The molecule has 2 aromatic rings. The van der Waals surface area contributed by atoms with Crippen molar-refractivity contribution in [3.8, 4) is 11.8 Å². The molecule has 1 N–H and O–H groups in total. The highest BCUT2D eigenvalue weighted by Gasteiger charge is 2.19. The highest BCUT2D eigenvalue weighted by Crippen LogP contribution is 2.19. The van der Waals surface area contributed by atoms with Gasteiger partial charge in [0.25, 0.3) is 5.91 Å². The molecule has 1 fully saturated rings. The molecule has 0 saturated heterocycles. The molecule has 0 unspecified atom stereocenters. The lowest BCUT2D eigenvalue weighted by Crippen LogP contribution is -2.31. The van der Waals surface area contributed by atoms with Gasteiger partial charge in [-0.25, -0.2) is 4.98 Å². The Labute approximate surface area is 134 Å². The SMILES string of the molecule is Cc1ccc(C#Cc2ncc(C(=O)NC3CCCC3)s2)cc1. The van der Waals surface area contributed by atoms with Crippen LogP contribution in [0.1, 0.15) is 51.5 Å². The summed E-state index contributed by atoms with van der Waals surface area (Å²) in [6, 6.07) is 8.38. The molecule has 3 rings (SSSR count). The molecule has 0 atom stereocenters. The minimum Gasteiger partial charge on any atom is -0.349 e. The largest absolute Gasteiger partial charge is 0.349 e. The van der Waals surface area contributed by atoms with Gasteiger partial charge < -0.3 is 5.32 Å². The molecule has 4 heteroatoms. The van der Waals surface area contributed by atoms with E-state index in [0.717, 1.165) is 18.4 Å². The van der Waals surface area contributed by atoms with Crippen molar-refractivity contribution in [1.29, 1.82) is 0 Å². The number of aryl methyl sites for hydroxylation is 1. The number of nitrogens with zero attached hydrogens (tertiary/aromatic N) is 1. The van der Waals surface area contributed by atoms with Crippen LogP contribution in [0, 0.1) is 18.8 Å². The van der Waals surface area contributed by atoms with Crippen molar-refractivity contribution in [3.05, 3.63) is 51.5 Å².